The van der Waals surface area contributed by atoms with E-state index in [-0.39, 0.29) is 24.5 Å². The van der Waals surface area contributed by atoms with Crippen LogP contribution in [0, 0.1) is 5.82 Å². The molecular formula is C21H17FN2O3S. The molecule has 2 aromatic carbocycles. The lowest BCUT2D eigenvalue weighted by Gasteiger charge is -2.15. The van der Waals surface area contributed by atoms with Gasteiger partial charge in [-0.2, -0.15) is 5.10 Å². The molecule has 0 bridgehead atoms. The van der Waals surface area contributed by atoms with Crippen LogP contribution in [0.5, 0.6) is 5.75 Å². The minimum atomic E-state index is -1.03. The first kappa shape index (κ1) is 18.3. The number of para-hydroxylation sites is 1. The van der Waals surface area contributed by atoms with Gasteiger partial charge in [-0.1, -0.05) is 36.4 Å². The average Bonchev–Trinajstić information content (AvgIpc) is 3.24. The van der Waals surface area contributed by atoms with Crippen molar-refractivity contribution in [3.05, 3.63) is 82.2 Å². The fraction of sp³-hybridized carbons (Fsp3) is 0.143. The van der Waals surface area contributed by atoms with Crippen LogP contribution < -0.4 is 10.3 Å². The largest absolute Gasteiger partial charge is 0.488 e. The molecule has 0 spiro atoms. The van der Waals surface area contributed by atoms with E-state index >= 15 is 0 Å². The van der Waals surface area contributed by atoms with Crippen LogP contribution in [-0.4, -0.2) is 27.6 Å². The summed E-state index contributed by atoms with van der Waals surface area (Å²) >= 11 is 1.53. The van der Waals surface area contributed by atoms with E-state index in [0.717, 1.165) is 10.3 Å². The Morgan fingerprint density at radius 2 is 1.82 bits per heavy atom. The second-order valence-corrected chi connectivity index (χ2v) is 7.20. The van der Waals surface area contributed by atoms with Gasteiger partial charge in [0.25, 0.3) is 5.56 Å². The van der Waals surface area contributed by atoms with E-state index in [2.05, 4.69) is 5.10 Å². The van der Waals surface area contributed by atoms with Crippen LogP contribution in [-0.2, 0) is 6.54 Å². The zero-order valence-electron chi connectivity index (χ0n) is 14.8. The highest BCUT2D eigenvalue weighted by Gasteiger charge is 2.16. The first-order valence-electron chi connectivity index (χ1n) is 8.72. The van der Waals surface area contributed by atoms with E-state index in [0.29, 0.717) is 11.1 Å². The highest BCUT2D eigenvalue weighted by atomic mass is 32.1. The Morgan fingerprint density at radius 3 is 2.57 bits per heavy atom. The molecule has 0 aliphatic carbocycles. The van der Waals surface area contributed by atoms with Crippen molar-refractivity contribution in [2.24, 2.45) is 0 Å². The third-order valence-corrected chi connectivity index (χ3v) is 5.15. The summed E-state index contributed by atoms with van der Waals surface area (Å²) in [5.74, 6) is -0.449. The van der Waals surface area contributed by atoms with Gasteiger partial charge in [-0.15, -0.1) is 11.3 Å². The minimum Gasteiger partial charge on any atom is -0.488 e. The number of aliphatic hydroxyl groups is 1. The number of fused-ring (bicyclic) bond motifs is 1. The number of ether oxygens (including phenoxy) is 1. The van der Waals surface area contributed by atoms with Gasteiger partial charge in [0.1, 0.15) is 18.4 Å². The molecule has 0 fully saturated rings. The summed E-state index contributed by atoms with van der Waals surface area (Å²) in [7, 11) is 0. The van der Waals surface area contributed by atoms with Crippen LogP contribution >= 0.6 is 11.3 Å². The molecule has 1 N–H and O–H groups in total. The quantitative estimate of drug-likeness (QED) is 0.540. The number of hydrogen-bond donors (Lipinski definition) is 1. The second kappa shape index (κ2) is 7.92. The van der Waals surface area contributed by atoms with Crippen molar-refractivity contribution >= 4 is 22.1 Å². The summed E-state index contributed by atoms with van der Waals surface area (Å²) in [5.41, 5.74) is 0.397. The summed E-state index contributed by atoms with van der Waals surface area (Å²) in [5, 5.41) is 18.0. The van der Waals surface area contributed by atoms with Crippen molar-refractivity contribution in [1.82, 2.24) is 9.78 Å². The molecule has 0 radical (unpaired) electrons. The van der Waals surface area contributed by atoms with E-state index in [1.807, 2.05) is 29.6 Å². The van der Waals surface area contributed by atoms with Crippen molar-refractivity contribution in [2.45, 2.75) is 12.6 Å². The summed E-state index contributed by atoms with van der Waals surface area (Å²) in [6.45, 7) is -0.216. The molecule has 0 aliphatic heterocycles. The Morgan fingerprint density at radius 1 is 1.07 bits per heavy atom. The van der Waals surface area contributed by atoms with Crippen molar-refractivity contribution in [3.8, 4) is 16.3 Å². The van der Waals surface area contributed by atoms with Crippen LogP contribution in [0.2, 0.25) is 0 Å². The van der Waals surface area contributed by atoms with E-state index in [1.54, 1.807) is 24.3 Å². The smallest absolute Gasteiger partial charge is 0.274 e. The van der Waals surface area contributed by atoms with Gasteiger partial charge in [-0.3, -0.25) is 4.79 Å². The van der Waals surface area contributed by atoms with Gasteiger partial charge < -0.3 is 9.84 Å². The van der Waals surface area contributed by atoms with Crippen molar-refractivity contribution in [3.63, 3.8) is 0 Å². The molecule has 0 amide bonds. The number of thiophene rings is 1. The second-order valence-electron chi connectivity index (χ2n) is 6.25. The first-order valence-corrected chi connectivity index (χ1v) is 9.60. The zero-order chi connectivity index (χ0) is 19.5. The van der Waals surface area contributed by atoms with Gasteiger partial charge in [-0.05, 0) is 29.6 Å². The molecule has 2 aromatic heterocycles. The molecule has 4 aromatic rings. The lowest BCUT2D eigenvalue weighted by atomic mass is 10.1. The minimum absolute atomic E-state index is 0.0552. The number of aromatic nitrogens is 2. The summed E-state index contributed by atoms with van der Waals surface area (Å²) in [6, 6.07) is 17.1. The number of benzene rings is 2. The van der Waals surface area contributed by atoms with Gasteiger partial charge in [0, 0.05) is 5.39 Å². The number of hydrogen-bond acceptors (Lipinski definition) is 5. The number of halogens is 1. The third kappa shape index (κ3) is 3.67. The Hall–Kier alpha value is -3.03. The van der Waals surface area contributed by atoms with Crippen LogP contribution in [0.25, 0.3) is 21.3 Å². The lowest BCUT2D eigenvalue weighted by molar-refractivity contribution is 0.0863. The molecular weight excluding hydrogens is 379 g/mol. The molecule has 0 saturated carbocycles. The predicted molar refractivity (Wildman–Crippen MR) is 107 cm³/mol. The molecule has 28 heavy (non-hydrogen) atoms. The van der Waals surface area contributed by atoms with E-state index < -0.39 is 11.9 Å². The molecule has 1 unspecified atom stereocenters. The SMILES string of the molecule is O=c1c2ccccc2c(-c2cccs2)nn1CC(O)COc1ccccc1F. The van der Waals surface area contributed by atoms with Gasteiger partial charge in [-0.25, -0.2) is 9.07 Å². The Kier molecular flexibility index (Phi) is 5.18. The maximum atomic E-state index is 13.6. The molecule has 7 heteroatoms. The van der Waals surface area contributed by atoms with E-state index in [4.69, 9.17) is 4.74 Å². The first-order chi connectivity index (χ1) is 13.6. The number of nitrogens with zero attached hydrogens (tertiary/aromatic N) is 2. The molecule has 0 aliphatic rings. The molecule has 4 rings (SSSR count). The van der Waals surface area contributed by atoms with Crippen LogP contribution in [0.1, 0.15) is 0 Å². The summed E-state index contributed by atoms with van der Waals surface area (Å²) < 4.78 is 20.2. The van der Waals surface area contributed by atoms with Crippen molar-refractivity contribution in [2.75, 3.05) is 6.61 Å². The van der Waals surface area contributed by atoms with Gasteiger partial charge in [0.2, 0.25) is 0 Å². The molecule has 0 saturated heterocycles. The highest BCUT2D eigenvalue weighted by molar-refractivity contribution is 7.13. The van der Waals surface area contributed by atoms with Crippen molar-refractivity contribution in [1.29, 1.82) is 0 Å². The van der Waals surface area contributed by atoms with Gasteiger partial charge in [0.05, 0.1) is 16.8 Å². The monoisotopic (exact) mass is 396 g/mol. The van der Waals surface area contributed by atoms with E-state index in [1.165, 1.54) is 28.2 Å². The standard InChI is InChI=1S/C21H17FN2O3S/c22-17-8-3-4-9-18(17)27-13-14(25)12-24-21(26)16-7-2-1-6-15(16)20(23-24)19-10-5-11-28-19/h1-11,14,25H,12-13H2. The van der Waals surface area contributed by atoms with Gasteiger partial charge in [0.15, 0.2) is 11.6 Å². The maximum Gasteiger partial charge on any atom is 0.274 e. The highest BCUT2D eigenvalue weighted by Crippen LogP contribution is 2.28. The number of rotatable bonds is 6. The third-order valence-electron chi connectivity index (χ3n) is 4.27. The fourth-order valence-corrected chi connectivity index (χ4v) is 3.68. The van der Waals surface area contributed by atoms with Crippen molar-refractivity contribution < 1.29 is 14.2 Å². The Labute approximate surface area is 164 Å². The molecule has 1 atom stereocenters. The van der Waals surface area contributed by atoms with Crippen LogP contribution in [0.15, 0.2) is 70.8 Å². The lowest BCUT2D eigenvalue weighted by Crippen LogP contribution is -2.32. The molecule has 5 nitrogen and oxygen atoms in total. The van der Waals surface area contributed by atoms with Crippen LogP contribution in [0.4, 0.5) is 4.39 Å². The van der Waals surface area contributed by atoms with Crippen LogP contribution in [0.3, 0.4) is 0 Å². The maximum absolute atomic E-state index is 13.6. The topological polar surface area (TPSA) is 64.4 Å². The predicted octanol–water partition coefficient (Wildman–Crippen LogP) is 3.70. The Bertz CT molecular complexity index is 1160. The fourth-order valence-electron chi connectivity index (χ4n) is 2.95. The normalized spacial score (nSPS) is 12.2. The van der Waals surface area contributed by atoms with E-state index in [9.17, 15) is 14.3 Å². The van der Waals surface area contributed by atoms with Gasteiger partial charge >= 0.3 is 0 Å². The zero-order valence-corrected chi connectivity index (χ0v) is 15.6. The average molecular weight is 396 g/mol. The molecule has 142 valence electrons. The Balaban J connectivity index is 1.62. The summed E-state index contributed by atoms with van der Waals surface area (Å²) in [4.78, 5) is 13.7. The summed E-state index contributed by atoms with van der Waals surface area (Å²) in [6.07, 6.45) is -1.03. The number of aliphatic hydroxyl groups excluding tert-OH is 1. The molecule has 2 heterocycles.